The van der Waals surface area contributed by atoms with Gasteiger partial charge in [-0.3, -0.25) is 0 Å². The zero-order valence-electron chi connectivity index (χ0n) is 10.6. The molecule has 0 saturated carbocycles. The zero-order chi connectivity index (χ0) is 13.4. The van der Waals surface area contributed by atoms with Gasteiger partial charge >= 0.3 is 0 Å². The van der Waals surface area contributed by atoms with Crippen LogP contribution in [0.3, 0.4) is 0 Å². The molecule has 0 unspecified atom stereocenters. The van der Waals surface area contributed by atoms with Crippen molar-refractivity contribution >= 4 is 23.3 Å². The molecule has 0 nitrogen and oxygen atoms in total. The summed E-state index contributed by atoms with van der Waals surface area (Å²) in [5, 5.41) is 0.757. The second-order valence-corrected chi connectivity index (χ2v) is 4.28. The van der Waals surface area contributed by atoms with Gasteiger partial charge in [-0.2, -0.15) is 0 Å². The molecule has 0 aliphatic heterocycles. The van der Waals surface area contributed by atoms with Crippen molar-refractivity contribution in [3.8, 4) is 0 Å². The molecule has 92 valence electrons. The molecule has 0 saturated heterocycles. The van der Waals surface area contributed by atoms with E-state index in [4.69, 9.17) is 11.6 Å². The minimum Gasteiger partial charge on any atom is -0.0984 e. The van der Waals surface area contributed by atoms with E-state index in [0.717, 1.165) is 16.2 Å². The molecule has 0 aliphatic rings. The van der Waals surface area contributed by atoms with Crippen LogP contribution in [0.15, 0.2) is 67.8 Å². The van der Waals surface area contributed by atoms with Gasteiger partial charge < -0.3 is 0 Å². The molecular weight excluding hydrogens is 240 g/mol. The van der Waals surface area contributed by atoms with Crippen molar-refractivity contribution < 1.29 is 0 Å². The molecule has 0 bridgehead atoms. The van der Waals surface area contributed by atoms with Gasteiger partial charge in [0.2, 0.25) is 0 Å². The summed E-state index contributed by atoms with van der Waals surface area (Å²) in [6.45, 7) is 9.44. The molecule has 2 rings (SSSR count). The maximum atomic E-state index is 5.75. The minimum atomic E-state index is 0.757. The van der Waals surface area contributed by atoms with Crippen LogP contribution in [0.2, 0.25) is 5.02 Å². The van der Waals surface area contributed by atoms with E-state index in [9.17, 15) is 0 Å². The fourth-order valence-corrected chi connectivity index (χ4v) is 1.58. The summed E-state index contributed by atoms with van der Waals surface area (Å²) in [6.07, 6.45) is 1.74. The molecule has 2 aromatic rings. The maximum absolute atomic E-state index is 5.75. The Morgan fingerprint density at radius 2 is 1.56 bits per heavy atom. The first-order valence-corrected chi connectivity index (χ1v) is 6.11. The summed E-state index contributed by atoms with van der Waals surface area (Å²) in [7, 11) is 0. The second-order valence-electron chi connectivity index (χ2n) is 3.87. The zero-order valence-corrected chi connectivity index (χ0v) is 11.3. The van der Waals surface area contributed by atoms with Crippen molar-refractivity contribution in [3.63, 3.8) is 0 Å². The van der Waals surface area contributed by atoms with Crippen molar-refractivity contribution in [3.05, 3.63) is 83.9 Å². The van der Waals surface area contributed by atoms with Gasteiger partial charge in [-0.25, -0.2) is 0 Å². The number of benzene rings is 2. The maximum Gasteiger partial charge on any atom is 0.0478 e. The molecule has 0 aromatic heterocycles. The van der Waals surface area contributed by atoms with E-state index in [2.05, 4.69) is 25.3 Å². The largest absolute Gasteiger partial charge is 0.0984 e. The monoisotopic (exact) mass is 256 g/mol. The molecule has 0 radical (unpaired) electrons. The summed E-state index contributed by atoms with van der Waals surface area (Å²) >= 11 is 5.75. The molecule has 0 spiro atoms. The van der Waals surface area contributed by atoms with Gasteiger partial charge in [-0.1, -0.05) is 84.9 Å². The lowest BCUT2D eigenvalue weighted by atomic mass is 10.1. The van der Waals surface area contributed by atoms with Crippen LogP contribution in [-0.4, -0.2) is 0 Å². The summed E-state index contributed by atoms with van der Waals surface area (Å²) in [6, 6.07) is 17.8. The van der Waals surface area contributed by atoms with Crippen LogP contribution in [0.1, 0.15) is 18.1 Å². The van der Waals surface area contributed by atoms with Crippen molar-refractivity contribution in [1.29, 1.82) is 0 Å². The Morgan fingerprint density at radius 1 is 1.00 bits per heavy atom. The van der Waals surface area contributed by atoms with Crippen LogP contribution in [0.5, 0.6) is 0 Å². The SMILES string of the molecule is C=C(C)c1ccccc1.C=Cc1ccccc1Cl. The molecule has 2 aromatic carbocycles. The lowest BCUT2D eigenvalue weighted by Gasteiger charge is -1.94. The van der Waals surface area contributed by atoms with E-state index in [1.54, 1.807) is 6.08 Å². The second kappa shape index (κ2) is 7.52. The standard InChI is InChI=1S/C9H10.C8H7Cl/c1-8(2)9-6-4-3-5-7-9;1-2-7-5-3-4-6-8(7)9/h3-7H,1H2,2H3;2-6H,1H2. The number of allylic oxidation sites excluding steroid dienone is 1. The van der Waals surface area contributed by atoms with E-state index >= 15 is 0 Å². The lowest BCUT2D eigenvalue weighted by Crippen LogP contribution is -1.72. The summed E-state index contributed by atoms with van der Waals surface area (Å²) < 4.78 is 0. The first kappa shape index (κ1) is 14.3. The van der Waals surface area contributed by atoms with E-state index < -0.39 is 0 Å². The van der Waals surface area contributed by atoms with Gasteiger partial charge in [0, 0.05) is 5.02 Å². The van der Waals surface area contributed by atoms with Gasteiger partial charge in [0.25, 0.3) is 0 Å². The topological polar surface area (TPSA) is 0 Å². The quantitative estimate of drug-likeness (QED) is 0.646. The van der Waals surface area contributed by atoms with Crippen molar-refractivity contribution in [2.75, 3.05) is 0 Å². The third kappa shape index (κ3) is 4.60. The molecule has 0 N–H and O–H groups in total. The smallest absolute Gasteiger partial charge is 0.0478 e. The normalized spacial score (nSPS) is 9.00. The van der Waals surface area contributed by atoms with Gasteiger partial charge in [-0.15, -0.1) is 0 Å². The molecule has 0 heterocycles. The van der Waals surface area contributed by atoms with Crippen LogP contribution in [0, 0.1) is 0 Å². The van der Waals surface area contributed by atoms with E-state index in [-0.39, 0.29) is 0 Å². The lowest BCUT2D eigenvalue weighted by molar-refractivity contribution is 1.58. The van der Waals surface area contributed by atoms with Crippen LogP contribution in [0.4, 0.5) is 0 Å². The third-order valence-electron chi connectivity index (χ3n) is 2.39. The van der Waals surface area contributed by atoms with E-state index in [1.807, 2.05) is 49.4 Å². The van der Waals surface area contributed by atoms with Crippen molar-refractivity contribution in [2.24, 2.45) is 0 Å². The number of halogens is 1. The molecule has 1 heteroatoms. The summed E-state index contributed by atoms with van der Waals surface area (Å²) in [5.41, 5.74) is 3.33. The molecule has 0 amide bonds. The first-order valence-electron chi connectivity index (χ1n) is 5.73. The minimum absolute atomic E-state index is 0.757. The predicted molar refractivity (Wildman–Crippen MR) is 82.7 cm³/mol. The highest BCUT2D eigenvalue weighted by Crippen LogP contribution is 2.14. The van der Waals surface area contributed by atoms with Gasteiger partial charge in [0.15, 0.2) is 0 Å². The summed E-state index contributed by atoms with van der Waals surface area (Å²) in [4.78, 5) is 0. The fourth-order valence-electron chi connectivity index (χ4n) is 1.36. The van der Waals surface area contributed by atoms with Gasteiger partial charge in [0.05, 0.1) is 0 Å². The van der Waals surface area contributed by atoms with Gasteiger partial charge in [-0.05, 0) is 24.1 Å². The van der Waals surface area contributed by atoms with E-state index in [1.165, 1.54) is 5.56 Å². The summed E-state index contributed by atoms with van der Waals surface area (Å²) in [5.74, 6) is 0. The van der Waals surface area contributed by atoms with Crippen LogP contribution in [-0.2, 0) is 0 Å². The number of hydrogen-bond donors (Lipinski definition) is 0. The Kier molecular flexibility index (Phi) is 5.96. The Bertz CT molecular complexity index is 512. The predicted octanol–water partition coefficient (Wildman–Crippen LogP) is 5.70. The highest BCUT2D eigenvalue weighted by molar-refractivity contribution is 6.32. The van der Waals surface area contributed by atoms with Crippen molar-refractivity contribution in [2.45, 2.75) is 6.92 Å². The molecule has 18 heavy (non-hydrogen) atoms. The highest BCUT2D eigenvalue weighted by atomic mass is 35.5. The Balaban J connectivity index is 0.000000180. The Morgan fingerprint density at radius 3 is 1.94 bits per heavy atom. The average molecular weight is 257 g/mol. The van der Waals surface area contributed by atoms with Crippen LogP contribution < -0.4 is 0 Å². The van der Waals surface area contributed by atoms with Crippen LogP contribution >= 0.6 is 11.6 Å². The third-order valence-corrected chi connectivity index (χ3v) is 2.74. The van der Waals surface area contributed by atoms with E-state index in [0.29, 0.717) is 0 Å². The average Bonchev–Trinajstić information content (AvgIpc) is 2.41. The van der Waals surface area contributed by atoms with Gasteiger partial charge in [0.1, 0.15) is 0 Å². The molecular formula is C17H17Cl. The molecule has 0 fully saturated rings. The Hall–Kier alpha value is -1.79. The molecule has 0 aliphatic carbocycles. The Labute approximate surface area is 114 Å². The fraction of sp³-hybridized carbons (Fsp3) is 0.0588. The molecule has 0 atom stereocenters. The first-order chi connectivity index (χ1) is 8.65. The van der Waals surface area contributed by atoms with Crippen molar-refractivity contribution in [1.82, 2.24) is 0 Å². The number of hydrogen-bond acceptors (Lipinski definition) is 0. The number of rotatable bonds is 2. The van der Waals surface area contributed by atoms with Crippen LogP contribution in [0.25, 0.3) is 11.6 Å². The highest BCUT2D eigenvalue weighted by Gasteiger charge is 1.89.